The molecule has 1 fully saturated rings. The lowest BCUT2D eigenvalue weighted by Crippen LogP contribution is -2.56. The van der Waals surface area contributed by atoms with Crippen LogP contribution in [-0.2, 0) is 5.75 Å². The van der Waals surface area contributed by atoms with E-state index in [4.69, 9.17) is 4.74 Å². The average Bonchev–Trinajstić information content (AvgIpc) is 3.61. The van der Waals surface area contributed by atoms with E-state index in [9.17, 15) is 14.7 Å². The quantitative estimate of drug-likeness (QED) is 0.540. The molecule has 7 rings (SSSR count). The summed E-state index contributed by atoms with van der Waals surface area (Å²) in [5.74, 6) is 1.63. The third kappa shape index (κ3) is 2.91. The minimum atomic E-state index is -0.545. The second-order valence-electron chi connectivity index (χ2n) is 9.46. The van der Waals surface area contributed by atoms with E-state index in [1.165, 1.54) is 16.5 Å². The second-order valence-corrected chi connectivity index (χ2v) is 10.5. The number of hydrogen-bond donors (Lipinski definition) is 1. The van der Waals surface area contributed by atoms with Crippen LogP contribution in [0.15, 0.2) is 64.4 Å². The lowest BCUT2D eigenvalue weighted by molar-refractivity contribution is 0.0667. The summed E-state index contributed by atoms with van der Waals surface area (Å²) in [6.45, 7) is 1.56. The zero-order valence-electron chi connectivity index (χ0n) is 18.4. The summed E-state index contributed by atoms with van der Waals surface area (Å²) in [5, 5.41) is 12.8. The van der Waals surface area contributed by atoms with Crippen molar-refractivity contribution in [1.29, 1.82) is 0 Å². The van der Waals surface area contributed by atoms with Crippen molar-refractivity contribution in [1.82, 2.24) is 9.58 Å². The van der Waals surface area contributed by atoms with E-state index in [1.807, 2.05) is 18.2 Å². The minimum absolute atomic E-state index is 0.0320. The molecule has 3 aromatic rings. The number of rotatable bonds is 0. The van der Waals surface area contributed by atoms with Crippen molar-refractivity contribution in [2.75, 3.05) is 24.8 Å². The molecular weight excluding hydrogens is 450 g/mol. The average molecular weight is 474 g/mol. The predicted octanol–water partition coefficient (Wildman–Crippen LogP) is 3.33. The Balaban J connectivity index is 1.53. The molecule has 2 bridgehead atoms. The van der Waals surface area contributed by atoms with E-state index in [1.54, 1.807) is 27.5 Å². The molecule has 4 aliphatic rings. The van der Waals surface area contributed by atoms with E-state index in [-0.39, 0.29) is 17.6 Å². The van der Waals surface area contributed by atoms with Crippen molar-refractivity contribution in [3.8, 4) is 11.5 Å². The second kappa shape index (κ2) is 7.30. The molecular formula is C26H23N3O4S. The van der Waals surface area contributed by atoms with Gasteiger partial charge in [-0.1, -0.05) is 30.3 Å². The van der Waals surface area contributed by atoms with Crippen molar-refractivity contribution < 1.29 is 14.6 Å². The first-order chi connectivity index (χ1) is 16.6. The summed E-state index contributed by atoms with van der Waals surface area (Å²) in [4.78, 5) is 28.8. The van der Waals surface area contributed by atoms with Gasteiger partial charge in [0.2, 0.25) is 5.43 Å². The van der Waals surface area contributed by atoms with Crippen LogP contribution in [0.4, 0.5) is 0 Å². The number of nitrogens with zero attached hydrogens (tertiary/aromatic N) is 3. The molecule has 0 unspecified atom stereocenters. The van der Waals surface area contributed by atoms with Gasteiger partial charge in [-0.15, -0.1) is 11.8 Å². The maximum atomic E-state index is 13.5. The topological polar surface area (TPSA) is 75.0 Å². The Morgan fingerprint density at radius 3 is 2.82 bits per heavy atom. The van der Waals surface area contributed by atoms with Crippen molar-refractivity contribution in [2.45, 2.75) is 23.1 Å². The van der Waals surface area contributed by atoms with Crippen LogP contribution in [-0.4, -0.2) is 40.4 Å². The largest absolute Gasteiger partial charge is 0.502 e. The zero-order valence-corrected chi connectivity index (χ0v) is 19.2. The predicted molar refractivity (Wildman–Crippen MR) is 128 cm³/mol. The molecule has 3 atom stereocenters. The summed E-state index contributed by atoms with van der Waals surface area (Å²) in [6.07, 6.45) is 2.62. The SMILES string of the molecule is O=C1c2c(O)c(=O)ccn2N2CN1C[C@H]1C[C@H]1COc1cccc3c1[C@H]2c1ccccc1SC3. The molecule has 0 spiro atoms. The molecule has 0 radical (unpaired) electrons. The fourth-order valence-electron chi connectivity index (χ4n) is 5.56. The lowest BCUT2D eigenvalue weighted by atomic mass is 9.93. The molecule has 1 amide bonds. The van der Waals surface area contributed by atoms with Crippen LogP contribution < -0.4 is 15.2 Å². The molecule has 1 aliphatic carbocycles. The van der Waals surface area contributed by atoms with E-state index in [2.05, 4.69) is 29.3 Å². The Morgan fingerprint density at radius 2 is 1.91 bits per heavy atom. The van der Waals surface area contributed by atoms with E-state index in [0.717, 1.165) is 29.1 Å². The number of aromatic nitrogens is 1. The first kappa shape index (κ1) is 20.0. The summed E-state index contributed by atoms with van der Waals surface area (Å²) in [7, 11) is 0. The van der Waals surface area contributed by atoms with Gasteiger partial charge in [0, 0.05) is 35.0 Å². The number of amides is 1. The number of fused-ring (bicyclic) bond motifs is 8. The highest BCUT2D eigenvalue weighted by Crippen LogP contribution is 2.48. The van der Waals surface area contributed by atoms with Crippen LogP contribution in [0.5, 0.6) is 11.5 Å². The molecule has 1 N–H and O–H groups in total. The maximum absolute atomic E-state index is 13.5. The van der Waals surface area contributed by atoms with Crippen molar-refractivity contribution in [2.24, 2.45) is 11.8 Å². The van der Waals surface area contributed by atoms with Crippen LogP contribution in [0.2, 0.25) is 0 Å². The van der Waals surface area contributed by atoms with E-state index < -0.39 is 11.2 Å². The Morgan fingerprint density at radius 1 is 1.03 bits per heavy atom. The van der Waals surface area contributed by atoms with E-state index >= 15 is 0 Å². The lowest BCUT2D eigenvalue weighted by Gasteiger charge is -2.44. The molecule has 0 saturated heterocycles. The smallest absolute Gasteiger partial charge is 0.277 e. The Kier molecular flexibility index (Phi) is 4.30. The third-order valence-corrected chi connectivity index (χ3v) is 8.58. The molecule has 7 nitrogen and oxygen atoms in total. The van der Waals surface area contributed by atoms with Crippen LogP contribution >= 0.6 is 11.8 Å². The Bertz CT molecular complexity index is 1400. The molecule has 4 heterocycles. The van der Waals surface area contributed by atoms with Gasteiger partial charge in [-0.25, -0.2) is 0 Å². The van der Waals surface area contributed by atoms with Gasteiger partial charge >= 0.3 is 0 Å². The number of carbonyl (C=O) groups excluding carboxylic acids is 1. The monoisotopic (exact) mass is 473 g/mol. The van der Waals surface area contributed by atoms with Crippen LogP contribution in [0, 0.1) is 11.8 Å². The van der Waals surface area contributed by atoms with Gasteiger partial charge in [-0.05, 0) is 41.5 Å². The van der Waals surface area contributed by atoms with Crippen LogP contribution in [0.1, 0.15) is 39.6 Å². The van der Waals surface area contributed by atoms with Gasteiger partial charge in [0.1, 0.15) is 18.5 Å². The summed E-state index contributed by atoms with van der Waals surface area (Å²) in [6, 6.07) is 15.6. The summed E-state index contributed by atoms with van der Waals surface area (Å²) in [5.41, 5.74) is 2.87. The molecule has 1 saturated carbocycles. The highest BCUT2D eigenvalue weighted by Gasteiger charge is 2.45. The number of thioether (sulfide) groups is 1. The van der Waals surface area contributed by atoms with Gasteiger partial charge in [0.15, 0.2) is 11.4 Å². The first-order valence-electron chi connectivity index (χ1n) is 11.6. The minimum Gasteiger partial charge on any atom is -0.502 e. The number of ether oxygens (including phenoxy) is 1. The molecule has 2 aromatic carbocycles. The third-order valence-electron chi connectivity index (χ3n) is 7.44. The van der Waals surface area contributed by atoms with Gasteiger partial charge < -0.3 is 14.7 Å². The van der Waals surface area contributed by atoms with E-state index in [0.29, 0.717) is 31.7 Å². The Hall–Kier alpha value is -3.39. The molecule has 3 aliphatic heterocycles. The van der Waals surface area contributed by atoms with Crippen molar-refractivity contribution >= 4 is 17.7 Å². The highest BCUT2D eigenvalue weighted by atomic mass is 32.2. The van der Waals surface area contributed by atoms with Crippen molar-refractivity contribution in [3.05, 3.63) is 87.3 Å². The number of benzene rings is 2. The van der Waals surface area contributed by atoms with Gasteiger partial charge in [-0.2, -0.15) is 0 Å². The highest BCUT2D eigenvalue weighted by molar-refractivity contribution is 7.98. The number of aromatic hydroxyl groups is 1. The summed E-state index contributed by atoms with van der Waals surface area (Å²) >= 11 is 1.79. The maximum Gasteiger partial charge on any atom is 0.277 e. The number of pyridine rings is 1. The normalized spacial score (nSPS) is 24.5. The van der Waals surface area contributed by atoms with Crippen LogP contribution in [0.3, 0.4) is 0 Å². The fraction of sp³-hybridized carbons (Fsp3) is 0.308. The van der Waals surface area contributed by atoms with Gasteiger partial charge in [0.05, 0.1) is 6.61 Å². The number of carbonyl (C=O) groups is 1. The molecule has 172 valence electrons. The summed E-state index contributed by atoms with van der Waals surface area (Å²) < 4.78 is 8.13. The molecule has 1 aromatic heterocycles. The molecule has 34 heavy (non-hydrogen) atoms. The Labute approximate surface area is 200 Å². The van der Waals surface area contributed by atoms with Crippen LogP contribution in [0.25, 0.3) is 0 Å². The standard InChI is InChI=1S/C26H23N3O4S/c30-19-8-9-28-24(25(19)31)26(32)27-11-16-10-17(16)12-33-20-6-3-4-15-13-34-21-7-2-1-5-18(21)23(22(15)20)29(28)14-27/h1-9,16-17,23,31H,10-14H2/t16-,17+,23-/m1/s1. The zero-order chi connectivity index (χ0) is 23.0. The number of hydrogen-bond acceptors (Lipinski definition) is 6. The first-order valence-corrected chi connectivity index (χ1v) is 12.6. The van der Waals surface area contributed by atoms with Crippen molar-refractivity contribution in [3.63, 3.8) is 0 Å². The molecule has 8 heteroatoms. The fourth-order valence-corrected chi connectivity index (χ4v) is 6.65. The van der Waals surface area contributed by atoms with Gasteiger partial charge in [0.25, 0.3) is 5.91 Å². The van der Waals surface area contributed by atoms with Gasteiger partial charge in [-0.3, -0.25) is 19.3 Å².